The maximum atomic E-state index is 4.28. The Hall–Kier alpha value is 0.310. The third-order valence-corrected chi connectivity index (χ3v) is 3.77. The summed E-state index contributed by atoms with van der Waals surface area (Å²) in [6, 6.07) is 0. The lowest BCUT2D eigenvalue weighted by molar-refractivity contribution is 0.294. The maximum Gasteiger partial charge on any atom is 0.00100 e. The van der Waals surface area contributed by atoms with Crippen molar-refractivity contribution >= 4 is 12.6 Å². The van der Waals surface area contributed by atoms with Crippen LogP contribution >= 0.6 is 12.6 Å². The Bertz CT molecular complexity index is 149. The Balaban J connectivity index is 2.07. The highest BCUT2D eigenvalue weighted by Crippen LogP contribution is 2.20. The molecule has 0 amide bonds. The molecule has 1 rings (SSSR count). The van der Waals surface area contributed by atoms with Crippen LogP contribution in [-0.4, -0.2) is 30.3 Å². The van der Waals surface area contributed by atoms with Crippen LogP contribution in [0, 0.1) is 11.8 Å². The minimum atomic E-state index is 0.855. The molecule has 1 saturated heterocycles. The van der Waals surface area contributed by atoms with Crippen molar-refractivity contribution in [3.05, 3.63) is 0 Å². The van der Waals surface area contributed by atoms with Crippen molar-refractivity contribution in [3.63, 3.8) is 0 Å². The summed E-state index contributed by atoms with van der Waals surface area (Å²) in [5, 5.41) is 0. The molecule has 14 heavy (non-hydrogen) atoms. The number of hydrogen-bond acceptors (Lipinski definition) is 2. The van der Waals surface area contributed by atoms with E-state index in [-0.39, 0.29) is 0 Å². The third kappa shape index (κ3) is 4.22. The molecule has 0 bridgehead atoms. The summed E-state index contributed by atoms with van der Waals surface area (Å²) in [5.41, 5.74) is 0. The minimum absolute atomic E-state index is 0.855. The highest BCUT2D eigenvalue weighted by Gasteiger charge is 2.20. The molecule has 2 atom stereocenters. The molecule has 1 aliphatic heterocycles. The lowest BCUT2D eigenvalue weighted by Crippen LogP contribution is -2.23. The van der Waals surface area contributed by atoms with Gasteiger partial charge in [0, 0.05) is 6.54 Å². The van der Waals surface area contributed by atoms with Gasteiger partial charge in [-0.05, 0) is 49.9 Å². The van der Waals surface area contributed by atoms with E-state index in [1.54, 1.807) is 0 Å². The molecule has 2 heteroatoms. The van der Waals surface area contributed by atoms with E-state index in [2.05, 4.69) is 31.4 Å². The lowest BCUT2D eigenvalue weighted by Gasteiger charge is -2.18. The molecule has 0 N–H and O–H groups in total. The summed E-state index contributed by atoms with van der Waals surface area (Å²) in [4.78, 5) is 2.64. The molecule has 0 aliphatic carbocycles. The van der Waals surface area contributed by atoms with Crippen LogP contribution in [0.3, 0.4) is 0 Å². The van der Waals surface area contributed by atoms with Crippen LogP contribution < -0.4 is 0 Å². The van der Waals surface area contributed by atoms with E-state index in [1.165, 1.54) is 45.3 Å². The molecular formula is C12H25NS. The van der Waals surface area contributed by atoms with Gasteiger partial charge in [-0.25, -0.2) is 0 Å². The van der Waals surface area contributed by atoms with Gasteiger partial charge in [0.2, 0.25) is 0 Å². The van der Waals surface area contributed by atoms with Crippen molar-refractivity contribution < 1.29 is 0 Å². The molecule has 0 saturated carbocycles. The Morgan fingerprint density at radius 2 is 2.21 bits per heavy atom. The molecule has 1 nitrogen and oxygen atoms in total. The largest absolute Gasteiger partial charge is 0.303 e. The fourth-order valence-corrected chi connectivity index (χ4v) is 2.66. The standard InChI is InChI=1S/C12H25NS/c1-3-12-5-8-13(10-12)7-4-11(2)6-9-14/h11-12,14H,3-10H2,1-2H3. The number of hydrogen-bond donors (Lipinski definition) is 1. The minimum Gasteiger partial charge on any atom is -0.303 e. The van der Waals surface area contributed by atoms with Crippen LogP contribution in [0.15, 0.2) is 0 Å². The molecule has 0 aromatic heterocycles. The molecule has 0 radical (unpaired) electrons. The first kappa shape index (κ1) is 12.4. The van der Waals surface area contributed by atoms with Gasteiger partial charge in [0.05, 0.1) is 0 Å². The highest BCUT2D eigenvalue weighted by atomic mass is 32.1. The Morgan fingerprint density at radius 3 is 2.79 bits per heavy atom. The SMILES string of the molecule is CCC1CCN(CCC(C)CCS)C1. The summed E-state index contributed by atoms with van der Waals surface area (Å²) in [7, 11) is 0. The van der Waals surface area contributed by atoms with Gasteiger partial charge in [-0.15, -0.1) is 0 Å². The second-order valence-corrected chi connectivity index (χ2v) is 5.22. The molecule has 0 aromatic rings. The third-order valence-electron chi connectivity index (χ3n) is 3.51. The van der Waals surface area contributed by atoms with Crippen LogP contribution in [0.2, 0.25) is 0 Å². The van der Waals surface area contributed by atoms with Crippen molar-refractivity contribution in [1.82, 2.24) is 4.90 Å². The second kappa shape index (κ2) is 6.73. The van der Waals surface area contributed by atoms with Crippen LogP contribution in [0.5, 0.6) is 0 Å². The Morgan fingerprint density at radius 1 is 1.43 bits per heavy atom. The average molecular weight is 215 g/mol. The van der Waals surface area contributed by atoms with Crippen molar-refractivity contribution in [2.45, 2.75) is 39.5 Å². The first-order chi connectivity index (χ1) is 6.76. The smallest absolute Gasteiger partial charge is 0.00100 e. The highest BCUT2D eigenvalue weighted by molar-refractivity contribution is 7.80. The summed E-state index contributed by atoms with van der Waals surface area (Å²) >= 11 is 4.28. The van der Waals surface area contributed by atoms with Gasteiger partial charge < -0.3 is 4.90 Å². The van der Waals surface area contributed by atoms with Gasteiger partial charge in [0.15, 0.2) is 0 Å². The van der Waals surface area contributed by atoms with Gasteiger partial charge in [0.25, 0.3) is 0 Å². The van der Waals surface area contributed by atoms with Crippen LogP contribution in [0.1, 0.15) is 39.5 Å². The van der Waals surface area contributed by atoms with Gasteiger partial charge in [-0.2, -0.15) is 12.6 Å². The molecule has 1 aliphatic rings. The van der Waals surface area contributed by atoms with Crippen LogP contribution in [0.25, 0.3) is 0 Å². The average Bonchev–Trinajstić information content (AvgIpc) is 2.63. The predicted octanol–water partition coefficient (Wildman–Crippen LogP) is 3.06. The fraction of sp³-hybridized carbons (Fsp3) is 1.00. The van der Waals surface area contributed by atoms with Gasteiger partial charge >= 0.3 is 0 Å². The van der Waals surface area contributed by atoms with Crippen molar-refractivity contribution in [2.75, 3.05) is 25.4 Å². The van der Waals surface area contributed by atoms with Gasteiger partial charge in [-0.1, -0.05) is 20.3 Å². The number of thiol groups is 1. The molecule has 84 valence electrons. The molecule has 1 fully saturated rings. The predicted molar refractivity (Wildman–Crippen MR) is 67.1 cm³/mol. The zero-order valence-corrected chi connectivity index (χ0v) is 10.6. The van der Waals surface area contributed by atoms with Crippen LogP contribution in [-0.2, 0) is 0 Å². The van der Waals surface area contributed by atoms with Crippen LogP contribution in [0.4, 0.5) is 0 Å². The number of rotatable bonds is 6. The zero-order valence-electron chi connectivity index (χ0n) is 9.71. The van der Waals surface area contributed by atoms with E-state index in [0.717, 1.165) is 17.6 Å². The molecular weight excluding hydrogens is 190 g/mol. The normalized spacial score (nSPS) is 25.5. The van der Waals surface area contributed by atoms with E-state index in [4.69, 9.17) is 0 Å². The summed E-state index contributed by atoms with van der Waals surface area (Å²) < 4.78 is 0. The Labute approximate surface area is 94.7 Å². The Kier molecular flexibility index (Phi) is 5.95. The number of nitrogens with zero attached hydrogens (tertiary/aromatic N) is 1. The quantitative estimate of drug-likeness (QED) is 0.667. The first-order valence-corrected chi connectivity index (χ1v) is 6.72. The van der Waals surface area contributed by atoms with E-state index in [0.29, 0.717) is 0 Å². The topological polar surface area (TPSA) is 3.24 Å². The first-order valence-electron chi connectivity index (χ1n) is 6.09. The van der Waals surface area contributed by atoms with Gasteiger partial charge in [-0.3, -0.25) is 0 Å². The van der Waals surface area contributed by atoms with Crippen molar-refractivity contribution in [1.29, 1.82) is 0 Å². The summed E-state index contributed by atoms with van der Waals surface area (Å²) in [6.45, 7) is 8.67. The van der Waals surface area contributed by atoms with E-state index in [9.17, 15) is 0 Å². The number of likely N-dealkylation sites (tertiary alicyclic amines) is 1. The van der Waals surface area contributed by atoms with Crippen molar-refractivity contribution in [3.8, 4) is 0 Å². The molecule has 0 spiro atoms. The second-order valence-electron chi connectivity index (χ2n) is 4.77. The summed E-state index contributed by atoms with van der Waals surface area (Å²) in [6.07, 6.45) is 5.42. The van der Waals surface area contributed by atoms with Crippen molar-refractivity contribution in [2.24, 2.45) is 11.8 Å². The molecule has 1 heterocycles. The summed E-state index contributed by atoms with van der Waals surface area (Å²) in [5.74, 6) is 2.88. The van der Waals surface area contributed by atoms with E-state index >= 15 is 0 Å². The molecule has 0 aromatic carbocycles. The maximum absolute atomic E-state index is 4.28. The monoisotopic (exact) mass is 215 g/mol. The van der Waals surface area contributed by atoms with E-state index in [1.807, 2.05) is 0 Å². The van der Waals surface area contributed by atoms with E-state index < -0.39 is 0 Å². The lowest BCUT2D eigenvalue weighted by atomic mass is 10.0. The van der Waals surface area contributed by atoms with Gasteiger partial charge in [0.1, 0.15) is 0 Å². The fourth-order valence-electron chi connectivity index (χ4n) is 2.22. The molecule has 2 unspecified atom stereocenters. The zero-order chi connectivity index (χ0) is 10.4.